The molecule has 1 saturated carbocycles. The molecule has 5 rings (SSSR count). The number of para-hydroxylation sites is 2. The number of aromatic amines is 1. The largest absolute Gasteiger partial charge is 0.480 e. The van der Waals surface area contributed by atoms with E-state index in [9.17, 15) is 4.79 Å². The van der Waals surface area contributed by atoms with Gasteiger partial charge >= 0.3 is 5.97 Å². The number of H-pyrrole nitrogens is 1. The van der Waals surface area contributed by atoms with Crippen LogP contribution in [-0.2, 0) is 4.74 Å². The molecular weight excluding hydrogens is 378 g/mol. The number of benzene rings is 2. The molecule has 0 amide bonds. The number of ether oxygens (including phenoxy) is 2. The molecule has 2 aromatic carbocycles. The van der Waals surface area contributed by atoms with Crippen LogP contribution in [-0.4, -0.2) is 34.6 Å². The average Bonchev–Trinajstić information content (AvgIpc) is 3.15. The lowest BCUT2D eigenvalue weighted by atomic mass is 9.77. The number of imidazole rings is 1. The summed E-state index contributed by atoms with van der Waals surface area (Å²) in [6.45, 7) is 2.08. The Labute approximate surface area is 174 Å². The zero-order valence-electron chi connectivity index (χ0n) is 17.1. The lowest BCUT2D eigenvalue weighted by Crippen LogP contribution is -2.12. The Morgan fingerprint density at radius 3 is 2.70 bits per heavy atom. The van der Waals surface area contributed by atoms with E-state index in [0.29, 0.717) is 18.1 Å². The number of carbonyl (C=O) groups excluding carboxylic acids is 1. The van der Waals surface area contributed by atoms with Crippen molar-refractivity contribution in [3.8, 4) is 17.3 Å². The Kier molecular flexibility index (Phi) is 4.62. The number of rotatable bonds is 5. The fourth-order valence-corrected chi connectivity index (χ4v) is 4.13. The number of pyridine rings is 1. The molecule has 2 heterocycles. The lowest BCUT2D eigenvalue weighted by Gasteiger charge is -2.28. The molecule has 30 heavy (non-hydrogen) atoms. The van der Waals surface area contributed by atoms with E-state index in [-0.39, 0.29) is 5.88 Å². The fourth-order valence-electron chi connectivity index (χ4n) is 4.13. The molecule has 4 aromatic rings. The van der Waals surface area contributed by atoms with Gasteiger partial charge in [0.2, 0.25) is 5.88 Å². The molecule has 0 saturated heterocycles. The molecule has 1 aliphatic rings. The summed E-state index contributed by atoms with van der Waals surface area (Å²) in [5.41, 5.74) is 5.24. The minimum absolute atomic E-state index is 0.268. The number of fused-ring (bicyclic) bond motifs is 2. The summed E-state index contributed by atoms with van der Waals surface area (Å²) in [5.74, 6) is 1.12. The summed E-state index contributed by atoms with van der Waals surface area (Å²) in [6.07, 6.45) is 3.56. The van der Waals surface area contributed by atoms with Gasteiger partial charge in [-0.15, -0.1) is 0 Å². The smallest absolute Gasteiger partial charge is 0.343 e. The first kappa shape index (κ1) is 18.6. The maximum absolute atomic E-state index is 12.4. The number of hydrogen-bond donors (Lipinski definition) is 1. The van der Waals surface area contributed by atoms with Crippen molar-refractivity contribution < 1.29 is 14.3 Å². The van der Waals surface area contributed by atoms with Crippen molar-refractivity contribution in [2.24, 2.45) is 0 Å². The topological polar surface area (TPSA) is 77.1 Å². The van der Waals surface area contributed by atoms with Gasteiger partial charge in [-0.25, -0.2) is 14.8 Å². The van der Waals surface area contributed by atoms with Crippen LogP contribution >= 0.6 is 0 Å². The van der Waals surface area contributed by atoms with Gasteiger partial charge in [-0.05, 0) is 49.4 Å². The van der Waals surface area contributed by atoms with E-state index in [0.717, 1.165) is 46.2 Å². The number of methoxy groups -OCH3 is 1. The van der Waals surface area contributed by atoms with Crippen LogP contribution in [0.15, 0.2) is 42.5 Å². The van der Waals surface area contributed by atoms with Gasteiger partial charge < -0.3 is 14.5 Å². The number of hydrogen-bond acceptors (Lipinski definition) is 5. The molecule has 1 fully saturated rings. The van der Waals surface area contributed by atoms with Crippen LogP contribution in [0.4, 0.5) is 0 Å². The molecule has 152 valence electrons. The quantitative estimate of drug-likeness (QED) is 0.463. The van der Waals surface area contributed by atoms with Crippen LogP contribution < -0.4 is 4.74 Å². The average molecular weight is 401 g/mol. The van der Waals surface area contributed by atoms with Crippen molar-refractivity contribution in [1.82, 2.24) is 15.0 Å². The van der Waals surface area contributed by atoms with Gasteiger partial charge in [-0.2, -0.15) is 0 Å². The van der Waals surface area contributed by atoms with Gasteiger partial charge in [-0.1, -0.05) is 30.7 Å². The summed E-state index contributed by atoms with van der Waals surface area (Å²) >= 11 is 0. The molecule has 1 N–H and O–H groups in total. The van der Waals surface area contributed by atoms with Gasteiger partial charge in [0.1, 0.15) is 11.4 Å². The second-order valence-electron chi connectivity index (χ2n) is 7.60. The first-order valence-corrected chi connectivity index (χ1v) is 10.3. The van der Waals surface area contributed by atoms with Crippen LogP contribution in [0.2, 0.25) is 0 Å². The number of nitrogens with one attached hydrogen (secondary N) is 1. The first-order chi connectivity index (χ1) is 14.7. The molecule has 0 unspecified atom stereocenters. The third kappa shape index (κ3) is 3.00. The van der Waals surface area contributed by atoms with Gasteiger partial charge in [0, 0.05) is 10.9 Å². The molecule has 2 aromatic heterocycles. The maximum Gasteiger partial charge on any atom is 0.343 e. The van der Waals surface area contributed by atoms with E-state index in [4.69, 9.17) is 19.4 Å². The van der Waals surface area contributed by atoms with E-state index in [2.05, 4.69) is 11.1 Å². The third-order valence-electron chi connectivity index (χ3n) is 5.84. The van der Waals surface area contributed by atoms with Crippen molar-refractivity contribution in [3.05, 3.63) is 53.6 Å². The van der Waals surface area contributed by atoms with Crippen LogP contribution in [0.3, 0.4) is 0 Å². The van der Waals surface area contributed by atoms with Crippen molar-refractivity contribution >= 4 is 27.9 Å². The Bertz CT molecular complexity index is 1220. The lowest BCUT2D eigenvalue weighted by molar-refractivity contribution is 0.0522. The summed E-state index contributed by atoms with van der Waals surface area (Å²) < 4.78 is 10.7. The van der Waals surface area contributed by atoms with E-state index in [1.165, 1.54) is 19.1 Å². The highest BCUT2D eigenvalue weighted by atomic mass is 16.5. The fraction of sp³-hybridized carbons (Fsp3) is 0.292. The Hall–Kier alpha value is -3.41. The van der Waals surface area contributed by atoms with E-state index >= 15 is 0 Å². The molecule has 1 aliphatic carbocycles. The van der Waals surface area contributed by atoms with E-state index in [1.807, 2.05) is 30.3 Å². The summed E-state index contributed by atoms with van der Waals surface area (Å²) in [7, 11) is 1.52. The van der Waals surface area contributed by atoms with Crippen LogP contribution in [0.25, 0.3) is 33.3 Å². The molecule has 0 radical (unpaired) electrons. The monoisotopic (exact) mass is 401 g/mol. The molecule has 0 aliphatic heterocycles. The normalized spacial score (nSPS) is 14.1. The predicted octanol–water partition coefficient (Wildman–Crippen LogP) is 5.23. The highest BCUT2D eigenvalue weighted by Crippen LogP contribution is 2.43. The first-order valence-electron chi connectivity index (χ1n) is 10.3. The minimum Gasteiger partial charge on any atom is -0.480 e. The Morgan fingerprint density at radius 1 is 1.17 bits per heavy atom. The Balaban J connectivity index is 1.78. The van der Waals surface area contributed by atoms with Gasteiger partial charge in [0.25, 0.3) is 0 Å². The summed E-state index contributed by atoms with van der Waals surface area (Å²) in [4.78, 5) is 25.5. The van der Waals surface area contributed by atoms with Crippen molar-refractivity contribution in [2.45, 2.75) is 32.1 Å². The predicted molar refractivity (Wildman–Crippen MR) is 116 cm³/mol. The number of carbonyl (C=O) groups is 1. The molecule has 0 bridgehead atoms. The highest BCUT2D eigenvalue weighted by Gasteiger charge is 2.27. The summed E-state index contributed by atoms with van der Waals surface area (Å²) in [5, 5.41) is 0.859. The highest BCUT2D eigenvalue weighted by molar-refractivity contribution is 6.01. The second-order valence-corrected chi connectivity index (χ2v) is 7.60. The van der Waals surface area contributed by atoms with E-state index in [1.54, 1.807) is 13.0 Å². The molecule has 0 atom stereocenters. The number of aromatic nitrogens is 3. The Morgan fingerprint density at radius 2 is 2.00 bits per heavy atom. The standard InChI is InChI=1S/C24H23N3O3/c1-3-30-24(28)17-13-15-11-12-16(14-7-6-8-14)20(21(15)27-23(17)29-2)22-25-18-9-4-5-10-19(18)26-22/h4-5,9-14H,3,6-8H2,1-2H3,(H,25,26). The van der Waals surface area contributed by atoms with Crippen molar-refractivity contribution in [1.29, 1.82) is 0 Å². The van der Waals surface area contributed by atoms with Gasteiger partial charge in [0.05, 0.1) is 30.3 Å². The van der Waals surface area contributed by atoms with Crippen molar-refractivity contribution in [3.63, 3.8) is 0 Å². The second kappa shape index (κ2) is 7.44. The maximum atomic E-state index is 12.4. The molecule has 0 spiro atoms. The molecule has 6 nitrogen and oxygen atoms in total. The van der Waals surface area contributed by atoms with Crippen molar-refractivity contribution in [2.75, 3.05) is 13.7 Å². The molecule has 6 heteroatoms. The third-order valence-corrected chi connectivity index (χ3v) is 5.84. The summed E-state index contributed by atoms with van der Waals surface area (Å²) in [6, 6.07) is 14.0. The molecular formula is C24H23N3O3. The van der Waals surface area contributed by atoms with Crippen LogP contribution in [0.1, 0.15) is 48.0 Å². The zero-order chi connectivity index (χ0) is 20.7. The van der Waals surface area contributed by atoms with Gasteiger partial charge in [-0.3, -0.25) is 0 Å². The SMILES string of the molecule is CCOC(=O)c1cc2ccc(C3CCC3)c(-c3nc4ccccc4[nH]3)c2nc1OC. The van der Waals surface area contributed by atoms with Crippen LogP contribution in [0.5, 0.6) is 5.88 Å². The van der Waals surface area contributed by atoms with Gasteiger partial charge in [0.15, 0.2) is 0 Å². The zero-order valence-corrected chi connectivity index (χ0v) is 17.1. The number of nitrogens with zero attached hydrogens (tertiary/aromatic N) is 2. The van der Waals surface area contributed by atoms with E-state index < -0.39 is 5.97 Å². The minimum atomic E-state index is -0.433. The number of esters is 1. The van der Waals surface area contributed by atoms with Crippen LogP contribution in [0, 0.1) is 0 Å².